The van der Waals surface area contributed by atoms with Crippen molar-refractivity contribution >= 4 is 28.9 Å². The van der Waals surface area contributed by atoms with Gasteiger partial charge in [0.05, 0.1) is 11.6 Å². The molecule has 0 aliphatic carbocycles. The average molecular weight is 350 g/mol. The van der Waals surface area contributed by atoms with Gasteiger partial charge in [-0.3, -0.25) is 14.5 Å². The summed E-state index contributed by atoms with van der Waals surface area (Å²) in [6, 6.07) is 17.3. The SMILES string of the molecule is CC(C)C(C)(C)C1CC(=O)N(c2ccc(Nc3ccccc3)cc2)C1=O. The molecule has 0 aromatic heterocycles. The van der Waals surface area contributed by atoms with Crippen LogP contribution in [-0.4, -0.2) is 11.8 Å². The predicted molar refractivity (Wildman–Crippen MR) is 105 cm³/mol. The third kappa shape index (κ3) is 3.36. The van der Waals surface area contributed by atoms with Gasteiger partial charge in [0, 0.05) is 17.8 Å². The smallest absolute Gasteiger partial charge is 0.237 e. The Morgan fingerprint density at radius 2 is 1.54 bits per heavy atom. The zero-order valence-electron chi connectivity index (χ0n) is 15.8. The van der Waals surface area contributed by atoms with Crippen LogP contribution in [0.25, 0.3) is 0 Å². The second kappa shape index (κ2) is 6.94. The highest BCUT2D eigenvalue weighted by Gasteiger charge is 2.48. The Balaban J connectivity index is 1.79. The van der Waals surface area contributed by atoms with Crippen molar-refractivity contribution in [1.29, 1.82) is 0 Å². The molecule has 1 saturated heterocycles. The van der Waals surface area contributed by atoms with Crippen LogP contribution in [0.2, 0.25) is 0 Å². The summed E-state index contributed by atoms with van der Waals surface area (Å²) < 4.78 is 0. The van der Waals surface area contributed by atoms with Gasteiger partial charge in [-0.15, -0.1) is 0 Å². The van der Waals surface area contributed by atoms with Crippen molar-refractivity contribution in [2.75, 3.05) is 10.2 Å². The van der Waals surface area contributed by atoms with E-state index in [1.54, 1.807) is 0 Å². The summed E-state index contributed by atoms with van der Waals surface area (Å²) in [6.07, 6.45) is 0.286. The molecule has 4 nitrogen and oxygen atoms in total. The first kappa shape index (κ1) is 18.2. The molecule has 0 radical (unpaired) electrons. The monoisotopic (exact) mass is 350 g/mol. The van der Waals surface area contributed by atoms with Crippen molar-refractivity contribution in [3.8, 4) is 0 Å². The van der Waals surface area contributed by atoms with Crippen LogP contribution in [0, 0.1) is 17.3 Å². The normalized spacial score (nSPS) is 17.9. The summed E-state index contributed by atoms with van der Waals surface area (Å²) in [6.45, 7) is 8.35. The minimum atomic E-state index is -0.267. The number of nitrogens with zero attached hydrogens (tertiary/aromatic N) is 1. The number of hydrogen-bond acceptors (Lipinski definition) is 3. The van der Waals surface area contributed by atoms with Gasteiger partial charge in [-0.1, -0.05) is 45.9 Å². The number of nitrogens with one attached hydrogen (secondary N) is 1. The predicted octanol–water partition coefficient (Wildman–Crippen LogP) is 4.99. The first-order valence-electron chi connectivity index (χ1n) is 9.09. The van der Waals surface area contributed by atoms with E-state index in [1.165, 1.54) is 4.90 Å². The molecule has 1 fully saturated rings. The third-order valence-electron chi connectivity index (χ3n) is 5.72. The van der Waals surface area contributed by atoms with Crippen LogP contribution < -0.4 is 10.2 Å². The number of hydrogen-bond donors (Lipinski definition) is 1. The minimum absolute atomic E-state index is 0.0857. The van der Waals surface area contributed by atoms with E-state index in [1.807, 2.05) is 54.6 Å². The number of carbonyl (C=O) groups excluding carboxylic acids is 2. The fourth-order valence-corrected chi connectivity index (χ4v) is 3.27. The maximum Gasteiger partial charge on any atom is 0.237 e. The van der Waals surface area contributed by atoms with E-state index in [2.05, 4.69) is 33.0 Å². The molecule has 0 bridgehead atoms. The number of benzene rings is 2. The molecule has 136 valence electrons. The van der Waals surface area contributed by atoms with Crippen molar-refractivity contribution < 1.29 is 9.59 Å². The van der Waals surface area contributed by atoms with Gasteiger partial charge in [0.1, 0.15) is 0 Å². The van der Waals surface area contributed by atoms with E-state index in [9.17, 15) is 9.59 Å². The molecule has 0 spiro atoms. The first-order valence-corrected chi connectivity index (χ1v) is 9.09. The van der Waals surface area contributed by atoms with Gasteiger partial charge in [-0.2, -0.15) is 0 Å². The lowest BCUT2D eigenvalue weighted by Gasteiger charge is -2.34. The summed E-state index contributed by atoms with van der Waals surface area (Å²) in [5, 5.41) is 3.30. The van der Waals surface area contributed by atoms with Crippen LogP contribution in [0.3, 0.4) is 0 Å². The Kier molecular flexibility index (Phi) is 4.86. The standard InChI is InChI=1S/C22H26N2O2/c1-15(2)22(3,4)19-14-20(25)24(21(19)26)18-12-10-17(11-13-18)23-16-8-6-5-7-9-16/h5-13,15,19,23H,14H2,1-4H3. The number of rotatable bonds is 5. The van der Waals surface area contributed by atoms with Crippen molar-refractivity contribution in [3.63, 3.8) is 0 Å². The summed E-state index contributed by atoms with van der Waals surface area (Å²) >= 11 is 0. The lowest BCUT2D eigenvalue weighted by molar-refractivity contribution is -0.124. The summed E-state index contributed by atoms with van der Waals surface area (Å²) in [4.78, 5) is 26.8. The second-order valence-corrected chi connectivity index (χ2v) is 7.84. The van der Waals surface area contributed by atoms with Crippen molar-refractivity contribution in [1.82, 2.24) is 0 Å². The number of amides is 2. The average Bonchev–Trinajstić information content (AvgIpc) is 2.92. The van der Waals surface area contributed by atoms with Crippen molar-refractivity contribution in [2.45, 2.75) is 34.1 Å². The quantitative estimate of drug-likeness (QED) is 0.773. The van der Waals surface area contributed by atoms with Crippen LogP contribution in [0.4, 0.5) is 17.1 Å². The Morgan fingerprint density at radius 1 is 0.962 bits per heavy atom. The summed E-state index contributed by atoms with van der Waals surface area (Å²) in [7, 11) is 0. The molecule has 2 aromatic carbocycles. The zero-order valence-corrected chi connectivity index (χ0v) is 15.8. The van der Waals surface area contributed by atoms with Crippen LogP contribution >= 0.6 is 0 Å². The Bertz CT molecular complexity index is 795. The molecule has 26 heavy (non-hydrogen) atoms. The summed E-state index contributed by atoms with van der Waals surface area (Å²) in [5.41, 5.74) is 2.34. The molecule has 1 unspecified atom stereocenters. The molecule has 4 heteroatoms. The summed E-state index contributed by atoms with van der Waals surface area (Å²) in [5.74, 6) is -0.145. The van der Waals surface area contributed by atoms with Gasteiger partial charge in [0.2, 0.25) is 11.8 Å². The van der Waals surface area contributed by atoms with Gasteiger partial charge in [-0.05, 0) is 47.7 Å². The maximum atomic E-state index is 12.9. The highest BCUT2D eigenvalue weighted by atomic mass is 16.2. The minimum Gasteiger partial charge on any atom is -0.356 e. The molecular formula is C22H26N2O2. The van der Waals surface area contributed by atoms with E-state index in [0.717, 1.165) is 11.4 Å². The van der Waals surface area contributed by atoms with E-state index < -0.39 is 0 Å². The molecule has 1 atom stereocenters. The number of carbonyl (C=O) groups is 2. The zero-order chi connectivity index (χ0) is 18.9. The Hall–Kier alpha value is -2.62. The van der Waals surface area contributed by atoms with E-state index in [4.69, 9.17) is 0 Å². The lowest BCUT2D eigenvalue weighted by Crippen LogP contribution is -2.37. The van der Waals surface area contributed by atoms with Gasteiger partial charge < -0.3 is 5.32 Å². The number of anilines is 3. The third-order valence-corrected chi connectivity index (χ3v) is 5.72. The van der Waals surface area contributed by atoms with Crippen molar-refractivity contribution in [2.24, 2.45) is 17.3 Å². The topological polar surface area (TPSA) is 49.4 Å². The van der Waals surface area contributed by atoms with Gasteiger partial charge in [0.15, 0.2) is 0 Å². The van der Waals surface area contributed by atoms with Crippen LogP contribution in [0.15, 0.2) is 54.6 Å². The van der Waals surface area contributed by atoms with Gasteiger partial charge >= 0.3 is 0 Å². The maximum absolute atomic E-state index is 12.9. The van der Waals surface area contributed by atoms with Gasteiger partial charge in [-0.25, -0.2) is 0 Å². The Labute approximate surface area is 155 Å². The molecule has 1 N–H and O–H groups in total. The van der Waals surface area contributed by atoms with E-state index in [0.29, 0.717) is 11.6 Å². The van der Waals surface area contributed by atoms with E-state index >= 15 is 0 Å². The van der Waals surface area contributed by atoms with E-state index in [-0.39, 0.29) is 29.6 Å². The first-order chi connectivity index (χ1) is 12.3. The number of imide groups is 1. The molecule has 2 amide bonds. The van der Waals surface area contributed by atoms with Gasteiger partial charge in [0.25, 0.3) is 0 Å². The molecule has 0 saturated carbocycles. The largest absolute Gasteiger partial charge is 0.356 e. The fraction of sp³-hybridized carbons (Fsp3) is 0.364. The lowest BCUT2D eigenvalue weighted by atomic mass is 9.70. The highest BCUT2D eigenvalue weighted by molar-refractivity contribution is 6.21. The molecule has 1 aliphatic rings. The molecule has 3 rings (SSSR count). The van der Waals surface area contributed by atoms with Crippen molar-refractivity contribution in [3.05, 3.63) is 54.6 Å². The molecule has 2 aromatic rings. The van der Waals surface area contributed by atoms with Crippen LogP contribution in [0.1, 0.15) is 34.1 Å². The fourth-order valence-electron chi connectivity index (χ4n) is 3.27. The second-order valence-electron chi connectivity index (χ2n) is 7.84. The van der Waals surface area contributed by atoms with Crippen LogP contribution in [0.5, 0.6) is 0 Å². The van der Waals surface area contributed by atoms with Crippen LogP contribution in [-0.2, 0) is 9.59 Å². The molecule has 1 heterocycles. The number of para-hydroxylation sites is 1. The molecular weight excluding hydrogens is 324 g/mol. The Morgan fingerprint density at radius 3 is 2.12 bits per heavy atom. The highest BCUT2D eigenvalue weighted by Crippen LogP contribution is 2.42. The molecule has 1 aliphatic heterocycles.